The zero-order valence-corrected chi connectivity index (χ0v) is 8.90. The topological polar surface area (TPSA) is 12.9 Å². The Hall–Kier alpha value is -0.670. The van der Waals surface area contributed by atoms with Gasteiger partial charge in [0.1, 0.15) is 0 Å². The number of hydrogen-bond acceptors (Lipinski definition) is 3. The van der Waals surface area contributed by atoms with Gasteiger partial charge in [0.05, 0.1) is 10.5 Å². The van der Waals surface area contributed by atoms with Gasteiger partial charge >= 0.3 is 0 Å². The second-order valence-electron chi connectivity index (χ2n) is 2.70. The summed E-state index contributed by atoms with van der Waals surface area (Å²) in [4.78, 5) is 5.42. The number of aromatic nitrogens is 1. The molecular formula is C10H9NS2. The van der Waals surface area contributed by atoms with Crippen LogP contribution in [0.5, 0.6) is 0 Å². The Labute approximate surface area is 87.0 Å². The van der Waals surface area contributed by atoms with Crippen LogP contribution < -0.4 is 0 Å². The average Bonchev–Trinajstić information content (AvgIpc) is 2.18. The predicted octanol–water partition coefficient (Wildman–Crippen LogP) is 3.25. The zero-order valence-electron chi connectivity index (χ0n) is 7.19. The van der Waals surface area contributed by atoms with E-state index in [1.54, 1.807) is 11.8 Å². The number of nitrogens with zero attached hydrogens (tertiary/aromatic N) is 1. The highest BCUT2D eigenvalue weighted by Crippen LogP contribution is 2.22. The second kappa shape index (κ2) is 3.60. The largest absolute Gasteiger partial charge is 0.240 e. The first kappa shape index (κ1) is 8.91. The van der Waals surface area contributed by atoms with Gasteiger partial charge in [0.15, 0.2) is 0 Å². The highest BCUT2D eigenvalue weighted by atomic mass is 32.2. The Morgan fingerprint density at radius 1 is 1.23 bits per heavy atom. The molecule has 66 valence electrons. The minimum Gasteiger partial charge on any atom is -0.240 e. The summed E-state index contributed by atoms with van der Waals surface area (Å²) in [5, 5.41) is 2.18. The van der Waals surface area contributed by atoms with E-state index in [1.165, 1.54) is 0 Å². The molecule has 0 aliphatic rings. The standard InChI is InChI=1S/C10H9NS2/c1-13-9-6-5-7-3-2-4-8(12)10(7)11-9/h2-6,12H,1H3. The molecule has 0 aliphatic heterocycles. The van der Waals surface area contributed by atoms with E-state index in [-0.39, 0.29) is 0 Å². The van der Waals surface area contributed by atoms with Gasteiger partial charge in [-0.1, -0.05) is 18.2 Å². The number of benzene rings is 1. The maximum absolute atomic E-state index is 4.48. The molecule has 1 heterocycles. The molecule has 0 amide bonds. The van der Waals surface area contributed by atoms with E-state index in [4.69, 9.17) is 0 Å². The number of hydrogen-bond donors (Lipinski definition) is 1. The van der Waals surface area contributed by atoms with Gasteiger partial charge in [0.25, 0.3) is 0 Å². The van der Waals surface area contributed by atoms with E-state index in [9.17, 15) is 0 Å². The lowest BCUT2D eigenvalue weighted by molar-refractivity contribution is 1.17. The van der Waals surface area contributed by atoms with Gasteiger partial charge in [0, 0.05) is 10.3 Å². The number of pyridine rings is 1. The lowest BCUT2D eigenvalue weighted by atomic mass is 10.2. The molecule has 0 bridgehead atoms. The Kier molecular flexibility index (Phi) is 2.47. The van der Waals surface area contributed by atoms with E-state index in [1.807, 2.05) is 30.5 Å². The van der Waals surface area contributed by atoms with E-state index >= 15 is 0 Å². The molecule has 0 saturated heterocycles. The minimum absolute atomic E-state index is 0.938. The van der Waals surface area contributed by atoms with Crippen molar-refractivity contribution in [2.45, 2.75) is 9.92 Å². The van der Waals surface area contributed by atoms with Crippen LogP contribution in [0.1, 0.15) is 0 Å². The Morgan fingerprint density at radius 3 is 2.85 bits per heavy atom. The summed E-state index contributed by atoms with van der Waals surface area (Å²) in [5.74, 6) is 0. The maximum atomic E-state index is 4.48. The first-order valence-electron chi connectivity index (χ1n) is 3.94. The normalized spacial score (nSPS) is 10.6. The molecule has 0 N–H and O–H groups in total. The molecule has 0 radical (unpaired) electrons. The van der Waals surface area contributed by atoms with Gasteiger partial charge < -0.3 is 0 Å². The van der Waals surface area contributed by atoms with Gasteiger partial charge in [-0.2, -0.15) is 0 Å². The molecule has 0 atom stereocenters. The van der Waals surface area contributed by atoms with Crippen molar-refractivity contribution in [1.29, 1.82) is 0 Å². The molecule has 2 rings (SSSR count). The zero-order chi connectivity index (χ0) is 9.26. The molecule has 0 fully saturated rings. The summed E-state index contributed by atoms with van der Waals surface area (Å²) in [6, 6.07) is 10.1. The number of para-hydroxylation sites is 1. The minimum atomic E-state index is 0.938. The van der Waals surface area contributed by atoms with Crippen LogP contribution in [-0.2, 0) is 0 Å². The maximum Gasteiger partial charge on any atom is 0.0965 e. The van der Waals surface area contributed by atoms with Crippen molar-refractivity contribution in [2.75, 3.05) is 6.26 Å². The van der Waals surface area contributed by atoms with Crippen LogP contribution in [0, 0.1) is 0 Å². The van der Waals surface area contributed by atoms with Crippen molar-refractivity contribution < 1.29 is 0 Å². The Morgan fingerprint density at radius 2 is 2.08 bits per heavy atom. The molecule has 1 nitrogen and oxygen atoms in total. The molecule has 2 aromatic rings. The lowest BCUT2D eigenvalue weighted by Crippen LogP contribution is -1.82. The van der Waals surface area contributed by atoms with E-state index in [2.05, 4.69) is 23.7 Å². The van der Waals surface area contributed by atoms with E-state index in [0.717, 1.165) is 20.8 Å². The van der Waals surface area contributed by atoms with Crippen LogP contribution in [0.3, 0.4) is 0 Å². The van der Waals surface area contributed by atoms with Crippen molar-refractivity contribution in [3.8, 4) is 0 Å². The number of fused-ring (bicyclic) bond motifs is 1. The summed E-state index contributed by atoms with van der Waals surface area (Å²) < 4.78 is 0. The van der Waals surface area contributed by atoms with Gasteiger partial charge in [-0.15, -0.1) is 24.4 Å². The molecule has 0 saturated carbocycles. The van der Waals surface area contributed by atoms with E-state index < -0.39 is 0 Å². The van der Waals surface area contributed by atoms with Crippen molar-refractivity contribution in [3.05, 3.63) is 30.3 Å². The van der Waals surface area contributed by atoms with Crippen molar-refractivity contribution in [2.24, 2.45) is 0 Å². The fourth-order valence-electron chi connectivity index (χ4n) is 1.23. The highest BCUT2D eigenvalue weighted by molar-refractivity contribution is 7.98. The summed E-state index contributed by atoms with van der Waals surface area (Å²) in [7, 11) is 0. The quantitative estimate of drug-likeness (QED) is 0.569. The molecule has 0 aliphatic carbocycles. The molecule has 0 spiro atoms. The smallest absolute Gasteiger partial charge is 0.0965 e. The summed E-state index contributed by atoms with van der Waals surface area (Å²) in [6.07, 6.45) is 2.02. The average molecular weight is 207 g/mol. The molecule has 1 aromatic heterocycles. The first-order chi connectivity index (χ1) is 6.31. The van der Waals surface area contributed by atoms with Crippen LogP contribution in [0.2, 0.25) is 0 Å². The molecule has 1 aromatic carbocycles. The van der Waals surface area contributed by atoms with Crippen LogP contribution in [0.4, 0.5) is 0 Å². The monoisotopic (exact) mass is 207 g/mol. The molecular weight excluding hydrogens is 198 g/mol. The SMILES string of the molecule is CSc1ccc2cccc(S)c2n1. The van der Waals surface area contributed by atoms with Crippen LogP contribution >= 0.6 is 24.4 Å². The van der Waals surface area contributed by atoms with Crippen molar-refractivity contribution in [1.82, 2.24) is 4.98 Å². The number of thiol groups is 1. The number of rotatable bonds is 1. The van der Waals surface area contributed by atoms with Crippen LogP contribution in [0.25, 0.3) is 10.9 Å². The summed E-state index contributed by atoms with van der Waals surface area (Å²) in [6.45, 7) is 0. The van der Waals surface area contributed by atoms with Crippen LogP contribution in [0.15, 0.2) is 40.3 Å². The fourth-order valence-corrected chi connectivity index (χ4v) is 1.88. The lowest BCUT2D eigenvalue weighted by Gasteiger charge is -2.01. The van der Waals surface area contributed by atoms with Gasteiger partial charge in [-0.3, -0.25) is 0 Å². The van der Waals surface area contributed by atoms with E-state index in [0.29, 0.717) is 0 Å². The third-order valence-corrected chi connectivity index (χ3v) is 2.89. The van der Waals surface area contributed by atoms with Gasteiger partial charge in [-0.25, -0.2) is 4.98 Å². The third kappa shape index (κ3) is 1.67. The van der Waals surface area contributed by atoms with Crippen LogP contribution in [-0.4, -0.2) is 11.2 Å². The van der Waals surface area contributed by atoms with Gasteiger partial charge in [0.2, 0.25) is 0 Å². The Bertz CT molecular complexity index is 440. The number of thioether (sulfide) groups is 1. The molecule has 0 unspecified atom stereocenters. The summed E-state index contributed by atoms with van der Waals surface area (Å²) in [5.41, 5.74) is 0.984. The second-order valence-corrected chi connectivity index (χ2v) is 4.01. The van der Waals surface area contributed by atoms with Gasteiger partial charge in [-0.05, 0) is 18.4 Å². The predicted molar refractivity (Wildman–Crippen MR) is 60.8 cm³/mol. The van der Waals surface area contributed by atoms with Crippen molar-refractivity contribution in [3.63, 3.8) is 0 Å². The highest BCUT2D eigenvalue weighted by Gasteiger charge is 1.99. The van der Waals surface area contributed by atoms with Crippen molar-refractivity contribution >= 4 is 35.3 Å². The third-order valence-electron chi connectivity index (χ3n) is 1.88. The first-order valence-corrected chi connectivity index (χ1v) is 5.61. The molecule has 3 heteroatoms. The Balaban J connectivity index is 2.74. The summed E-state index contributed by atoms with van der Waals surface area (Å²) >= 11 is 6.01. The molecule has 13 heavy (non-hydrogen) atoms. The fraction of sp³-hybridized carbons (Fsp3) is 0.100.